The van der Waals surface area contributed by atoms with Crippen molar-refractivity contribution in [1.29, 1.82) is 0 Å². The fourth-order valence-electron chi connectivity index (χ4n) is 4.26. The van der Waals surface area contributed by atoms with E-state index < -0.39 is 10.2 Å². The van der Waals surface area contributed by atoms with Gasteiger partial charge >= 0.3 is 0 Å². The first-order valence-electron chi connectivity index (χ1n) is 8.45. The number of rotatable bonds is 3. The van der Waals surface area contributed by atoms with E-state index in [9.17, 15) is 13.5 Å². The van der Waals surface area contributed by atoms with Crippen molar-refractivity contribution in [1.82, 2.24) is 8.61 Å². The number of nitrogens with zero attached hydrogens (tertiary/aromatic N) is 2. The summed E-state index contributed by atoms with van der Waals surface area (Å²) in [5.74, 6) is 0.772. The molecule has 0 radical (unpaired) electrons. The Morgan fingerprint density at radius 1 is 0.952 bits per heavy atom. The highest BCUT2D eigenvalue weighted by Crippen LogP contribution is 2.38. The molecule has 0 aromatic heterocycles. The molecule has 2 saturated heterocycles. The summed E-state index contributed by atoms with van der Waals surface area (Å²) in [6.45, 7) is 4.12. The lowest BCUT2D eigenvalue weighted by Crippen LogP contribution is -2.51. The monoisotopic (exact) mass is 316 g/mol. The number of hydrogen-bond donors (Lipinski definition) is 1. The zero-order valence-corrected chi connectivity index (χ0v) is 13.8. The molecule has 2 heterocycles. The van der Waals surface area contributed by atoms with Crippen molar-refractivity contribution in [3.05, 3.63) is 0 Å². The minimum atomic E-state index is -3.34. The molecule has 21 heavy (non-hydrogen) atoms. The molecule has 0 aromatic carbocycles. The quantitative estimate of drug-likeness (QED) is 0.860. The Kier molecular flexibility index (Phi) is 4.60. The van der Waals surface area contributed by atoms with Gasteiger partial charge in [0.15, 0.2) is 0 Å². The summed E-state index contributed by atoms with van der Waals surface area (Å²) in [7, 11) is -3.34. The van der Waals surface area contributed by atoms with E-state index in [1.54, 1.807) is 8.61 Å². The van der Waals surface area contributed by atoms with E-state index in [1.165, 1.54) is 0 Å². The molecular weight excluding hydrogens is 288 g/mol. The van der Waals surface area contributed by atoms with Gasteiger partial charge in [-0.3, -0.25) is 0 Å². The van der Waals surface area contributed by atoms with Gasteiger partial charge in [0.25, 0.3) is 10.2 Å². The van der Waals surface area contributed by atoms with Crippen molar-refractivity contribution >= 4 is 10.2 Å². The van der Waals surface area contributed by atoms with E-state index in [-0.39, 0.29) is 18.1 Å². The van der Waals surface area contributed by atoms with Crippen molar-refractivity contribution < 1.29 is 13.5 Å². The lowest BCUT2D eigenvalue weighted by Gasteiger charge is -2.37. The number of piperidine rings is 1. The standard InChI is InChI=1S/C15H28N2O3S/c1-12-7-10-16(11-8-12)21(19,20)17-9-3-5-14(17)13-4-2-6-15(13)18/h12-15,18H,2-11H2,1H3. The van der Waals surface area contributed by atoms with E-state index >= 15 is 0 Å². The van der Waals surface area contributed by atoms with E-state index in [0.29, 0.717) is 25.6 Å². The SMILES string of the molecule is CC1CCN(S(=O)(=O)N2CCCC2C2CCCC2O)CC1. The summed E-state index contributed by atoms with van der Waals surface area (Å²) in [6, 6.07) is 0.0202. The summed E-state index contributed by atoms with van der Waals surface area (Å²) in [4.78, 5) is 0. The van der Waals surface area contributed by atoms with Crippen LogP contribution < -0.4 is 0 Å². The third kappa shape index (κ3) is 3.00. The molecule has 1 N–H and O–H groups in total. The zero-order valence-electron chi connectivity index (χ0n) is 12.9. The zero-order chi connectivity index (χ0) is 15.0. The van der Waals surface area contributed by atoms with E-state index in [1.807, 2.05) is 0 Å². The molecule has 5 nitrogen and oxygen atoms in total. The first-order valence-corrected chi connectivity index (χ1v) is 9.85. The van der Waals surface area contributed by atoms with Crippen LogP contribution in [0.5, 0.6) is 0 Å². The normalized spacial score (nSPS) is 37.3. The van der Waals surface area contributed by atoms with Crippen LogP contribution in [0.4, 0.5) is 0 Å². The van der Waals surface area contributed by atoms with E-state index in [4.69, 9.17) is 0 Å². The lowest BCUT2D eigenvalue weighted by molar-refractivity contribution is 0.0952. The molecule has 0 amide bonds. The molecule has 0 aromatic rings. The second-order valence-corrected chi connectivity index (χ2v) is 8.95. The van der Waals surface area contributed by atoms with Crippen molar-refractivity contribution in [2.45, 2.75) is 64.0 Å². The van der Waals surface area contributed by atoms with Gasteiger partial charge < -0.3 is 5.11 Å². The molecule has 3 fully saturated rings. The Morgan fingerprint density at radius 3 is 2.29 bits per heavy atom. The predicted molar refractivity (Wildman–Crippen MR) is 82.0 cm³/mol. The Bertz CT molecular complexity index is 460. The van der Waals surface area contributed by atoms with Crippen LogP contribution in [0.2, 0.25) is 0 Å². The fourth-order valence-corrected chi connectivity index (χ4v) is 6.19. The summed E-state index contributed by atoms with van der Waals surface area (Å²) < 4.78 is 29.3. The predicted octanol–water partition coefficient (Wildman–Crippen LogP) is 1.59. The molecule has 3 rings (SSSR count). The molecule has 0 bridgehead atoms. The van der Waals surface area contributed by atoms with Crippen LogP contribution in [0.3, 0.4) is 0 Å². The third-order valence-electron chi connectivity index (χ3n) is 5.64. The lowest BCUT2D eigenvalue weighted by atomic mass is 9.95. The van der Waals surface area contributed by atoms with Crippen LogP contribution in [0.25, 0.3) is 0 Å². The Labute approximate surface area is 128 Å². The summed E-state index contributed by atoms with van der Waals surface area (Å²) in [6.07, 6.45) is 6.27. The van der Waals surface area contributed by atoms with Crippen molar-refractivity contribution in [3.8, 4) is 0 Å². The maximum Gasteiger partial charge on any atom is 0.282 e. The molecule has 3 aliphatic rings. The molecule has 1 saturated carbocycles. The Morgan fingerprint density at radius 2 is 1.67 bits per heavy atom. The highest BCUT2D eigenvalue weighted by Gasteiger charge is 2.45. The Hall–Kier alpha value is -0.170. The molecule has 2 aliphatic heterocycles. The highest BCUT2D eigenvalue weighted by atomic mass is 32.2. The van der Waals surface area contributed by atoms with Crippen molar-refractivity contribution in [2.75, 3.05) is 19.6 Å². The van der Waals surface area contributed by atoms with Crippen LogP contribution in [-0.2, 0) is 10.2 Å². The first-order chi connectivity index (χ1) is 10.00. The van der Waals surface area contributed by atoms with Gasteiger partial charge in [0, 0.05) is 31.6 Å². The van der Waals surface area contributed by atoms with Gasteiger partial charge in [-0.05, 0) is 44.4 Å². The minimum absolute atomic E-state index is 0.0202. The van der Waals surface area contributed by atoms with Crippen LogP contribution in [-0.4, -0.2) is 53.9 Å². The molecule has 0 spiro atoms. The Balaban J connectivity index is 1.74. The summed E-state index contributed by atoms with van der Waals surface area (Å²) >= 11 is 0. The van der Waals surface area contributed by atoms with E-state index in [0.717, 1.165) is 44.9 Å². The molecule has 122 valence electrons. The van der Waals surface area contributed by atoms with Gasteiger partial charge in [-0.25, -0.2) is 0 Å². The molecule has 3 atom stereocenters. The van der Waals surface area contributed by atoms with Gasteiger partial charge in [-0.2, -0.15) is 17.0 Å². The maximum atomic E-state index is 12.9. The van der Waals surface area contributed by atoms with E-state index in [2.05, 4.69) is 6.92 Å². The average molecular weight is 316 g/mol. The molecule has 6 heteroatoms. The second kappa shape index (κ2) is 6.14. The van der Waals surface area contributed by atoms with Gasteiger partial charge in [0.05, 0.1) is 6.10 Å². The van der Waals surface area contributed by atoms with Gasteiger partial charge in [-0.15, -0.1) is 0 Å². The molecule has 3 unspecified atom stereocenters. The third-order valence-corrected chi connectivity index (χ3v) is 7.70. The summed E-state index contributed by atoms with van der Waals surface area (Å²) in [5.41, 5.74) is 0. The van der Waals surface area contributed by atoms with Crippen LogP contribution in [0, 0.1) is 11.8 Å². The molecular formula is C15H28N2O3S. The maximum absolute atomic E-state index is 12.9. The number of aliphatic hydroxyl groups is 1. The molecule has 1 aliphatic carbocycles. The van der Waals surface area contributed by atoms with Crippen LogP contribution in [0.1, 0.15) is 51.9 Å². The minimum Gasteiger partial charge on any atom is -0.393 e. The topological polar surface area (TPSA) is 60.9 Å². The van der Waals surface area contributed by atoms with Gasteiger partial charge in [0.1, 0.15) is 0 Å². The van der Waals surface area contributed by atoms with Crippen molar-refractivity contribution in [2.24, 2.45) is 11.8 Å². The second-order valence-electron chi connectivity index (χ2n) is 7.07. The average Bonchev–Trinajstić information content (AvgIpc) is 3.07. The fraction of sp³-hybridized carbons (Fsp3) is 1.00. The number of aliphatic hydroxyl groups excluding tert-OH is 1. The van der Waals surface area contributed by atoms with Crippen LogP contribution >= 0.6 is 0 Å². The number of hydrogen-bond acceptors (Lipinski definition) is 3. The van der Waals surface area contributed by atoms with Gasteiger partial charge in [0.2, 0.25) is 0 Å². The summed E-state index contributed by atoms with van der Waals surface area (Å²) in [5, 5.41) is 10.1. The largest absolute Gasteiger partial charge is 0.393 e. The highest BCUT2D eigenvalue weighted by molar-refractivity contribution is 7.86. The first kappa shape index (κ1) is 15.7. The van der Waals surface area contributed by atoms with Gasteiger partial charge in [-0.1, -0.05) is 13.3 Å². The smallest absolute Gasteiger partial charge is 0.282 e. The van der Waals surface area contributed by atoms with Crippen LogP contribution in [0.15, 0.2) is 0 Å². The van der Waals surface area contributed by atoms with Crippen molar-refractivity contribution in [3.63, 3.8) is 0 Å².